The Labute approximate surface area is 126 Å². The van der Waals surface area contributed by atoms with E-state index in [-0.39, 0.29) is 17.3 Å². The number of hydrogen-bond acceptors (Lipinski definition) is 2. The summed E-state index contributed by atoms with van der Waals surface area (Å²) in [7, 11) is 3.69. The van der Waals surface area contributed by atoms with Crippen LogP contribution in [0.4, 0.5) is 4.39 Å². The minimum Gasteiger partial charge on any atom is -0.341 e. The number of carbonyl (C=O) groups excluding carboxylic acids is 1. The van der Waals surface area contributed by atoms with Crippen molar-refractivity contribution in [3.8, 4) is 0 Å². The van der Waals surface area contributed by atoms with E-state index in [4.69, 9.17) is 0 Å². The first-order valence-electron chi connectivity index (χ1n) is 7.73. The Kier molecular flexibility index (Phi) is 5.34. The molecular weight excluding hydrogens is 267 g/mol. The third kappa shape index (κ3) is 4.03. The zero-order chi connectivity index (χ0) is 15.3. The lowest BCUT2D eigenvalue weighted by molar-refractivity contribution is -0.132. The highest BCUT2D eigenvalue weighted by Crippen LogP contribution is 2.31. The smallest absolute Gasteiger partial charge is 0.224 e. The first kappa shape index (κ1) is 16.0. The molecule has 1 saturated carbocycles. The molecule has 1 aromatic rings. The summed E-state index contributed by atoms with van der Waals surface area (Å²) in [6.45, 7) is 0.325. The highest BCUT2D eigenvalue weighted by molar-refractivity contribution is 5.77. The molecule has 0 spiro atoms. The van der Waals surface area contributed by atoms with Gasteiger partial charge in [-0.25, -0.2) is 4.39 Å². The number of halogens is 1. The third-order valence-electron chi connectivity index (χ3n) is 4.62. The molecule has 0 heterocycles. The summed E-state index contributed by atoms with van der Waals surface area (Å²) in [4.78, 5) is 14.1. The lowest BCUT2D eigenvalue weighted by atomic mass is 9.79. The highest BCUT2D eigenvalue weighted by Gasteiger charge is 2.33. The van der Waals surface area contributed by atoms with E-state index in [2.05, 4.69) is 5.32 Å². The summed E-state index contributed by atoms with van der Waals surface area (Å²) >= 11 is 0. The summed E-state index contributed by atoms with van der Waals surface area (Å²) < 4.78 is 13.7. The van der Waals surface area contributed by atoms with E-state index in [0.29, 0.717) is 18.5 Å². The Balaban J connectivity index is 1.97. The van der Waals surface area contributed by atoms with Crippen LogP contribution in [0.25, 0.3) is 0 Å². The van der Waals surface area contributed by atoms with Crippen LogP contribution in [0.3, 0.4) is 0 Å². The normalized spacial score (nSPS) is 17.5. The predicted octanol–water partition coefficient (Wildman–Crippen LogP) is 3.10. The van der Waals surface area contributed by atoms with E-state index in [1.807, 2.05) is 7.05 Å². The van der Waals surface area contributed by atoms with Crippen LogP contribution in [0.5, 0.6) is 0 Å². The number of nitrogens with zero attached hydrogens (tertiary/aromatic N) is 1. The fraction of sp³-hybridized carbons (Fsp3) is 0.588. The Hall–Kier alpha value is -1.42. The maximum Gasteiger partial charge on any atom is 0.224 e. The van der Waals surface area contributed by atoms with Gasteiger partial charge in [-0.2, -0.15) is 0 Å². The molecule has 0 bridgehead atoms. The van der Waals surface area contributed by atoms with Crippen molar-refractivity contribution in [1.82, 2.24) is 10.2 Å². The molecule has 1 amide bonds. The van der Waals surface area contributed by atoms with Crippen molar-refractivity contribution >= 4 is 5.91 Å². The van der Waals surface area contributed by atoms with Crippen molar-refractivity contribution in [2.24, 2.45) is 0 Å². The Morgan fingerprint density at radius 2 is 1.95 bits per heavy atom. The number of benzene rings is 1. The van der Waals surface area contributed by atoms with Gasteiger partial charge >= 0.3 is 0 Å². The number of rotatable bonds is 5. The number of nitrogens with one attached hydrogen (secondary N) is 1. The molecule has 1 fully saturated rings. The molecule has 3 nitrogen and oxygen atoms in total. The second kappa shape index (κ2) is 7.03. The van der Waals surface area contributed by atoms with Crippen LogP contribution in [-0.2, 0) is 11.3 Å². The molecule has 116 valence electrons. The van der Waals surface area contributed by atoms with Gasteiger partial charge < -0.3 is 10.2 Å². The molecule has 0 saturated heterocycles. The van der Waals surface area contributed by atoms with Gasteiger partial charge in [0.25, 0.3) is 0 Å². The molecule has 0 atom stereocenters. The molecule has 2 rings (SSSR count). The summed E-state index contributed by atoms with van der Waals surface area (Å²) in [6.07, 6.45) is 6.18. The fourth-order valence-electron chi connectivity index (χ4n) is 3.14. The topological polar surface area (TPSA) is 32.3 Å². The lowest BCUT2D eigenvalue weighted by Gasteiger charge is -2.37. The van der Waals surface area contributed by atoms with E-state index in [1.165, 1.54) is 25.3 Å². The molecular formula is C17H25FN2O. The van der Waals surface area contributed by atoms with Gasteiger partial charge in [0.15, 0.2) is 0 Å². The molecule has 21 heavy (non-hydrogen) atoms. The molecule has 0 unspecified atom stereocenters. The van der Waals surface area contributed by atoms with E-state index in [9.17, 15) is 9.18 Å². The van der Waals surface area contributed by atoms with E-state index >= 15 is 0 Å². The maximum atomic E-state index is 13.7. The first-order valence-corrected chi connectivity index (χ1v) is 7.73. The van der Waals surface area contributed by atoms with Gasteiger partial charge in [0.05, 0.1) is 0 Å². The largest absolute Gasteiger partial charge is 0.341 e. The summed E-state index contributed by atoms with van der Waals surface area (Å²) in [5, 5.41) is 3.36. The van der Waals surface area contributed by atoms with E-state index in [1.54, 1.807) is 30.1 Å². The molecule has 4 heteroatoms. The zero-order valence-electron chi connectivity index (χ0n) is 13.0. The number of carbonyl (C=O) groups is 1. The van der Waals surface area contributed by atoms with Crippen LogP contribution in [-0.4, -0.2) is 30.4 Å². The summed E-state index contributed by atoms with van der Waals surface area (Å²) in [5.41, 5.74) is 0.495. The molecule has 0 aromatic heterocycles. The van der Waals surface area contributed by atoms with Crippen molar-refractivity contribution in [2.75, 3.05) is 14.1 Å². The SMILES string of the molecule is CNC1(CC(=O)N(C)Cc2ccccc2F)CCCCC1. The van der Waals surface area contributed by atoms with Crippen LogP contribution in [0, 0.1) is 5.82 Å². The monoisotopic (exact) mass is 292 g/mol. The van der Waals surface area contributed by atoms with Crippen LogP contribution >= 0.6 is 0 Å². The van der Waals surface area contributed by atoms with Gasteiger partial charge in [0, 0.05) is 31.1 Å². The minimum absolute atomic E-state index is 0.0706. The maximum absolute atomic E-state index is 13.7. The van der Waals surface area contributed by atoms with Crippen LogP contribution < -0.4 is 5.32 Å². The van der Waals surface area contributed by atoms with Gasteiger partial charge in [0.1, 0.15) is 5.82 Å². The van der Waals surface area contributed by atoms with Crippen molar-refractivity contribution in [1.29, 1.82) is 0 Å². The quantitative estimate of drug-likeness (QED) is 0.904. The van der Waals surface area contributed by atoms with Crippen LogP contribution in [0.1, 0.15) is 44.1 Å². The molecule has 1 aliphatic carbocycles. The molecule has 1 N–H and O–H groups in total. The van der Waals surface area contributed by atoms with Gasteiger partial charge in [-0.15, -0.1) is 0 Å². The van der Waals surface area contributed by atoms with Crippen molar-refractivity contribution in [2.45, 2.75) is 50.6 Å². The van der Waals surface area contributed by atoms with Crippen LogP contribution in [0.2, 0.25) is 0 Å². The van der Waals surface area contributed by atoms with Gasteiger partial charge in [-0.1, -0.05) is 37.5 Å². The second-order valence-electron chi connectivity index (χ2n) is 6.11. The lowest BCUT2D eigenvalue weighted by Crippen LogP contribution is -2.48. The molecule has 1 aromatic carbocycles. The average Bonchev–Trinajstić information content (AvgIpc) is 2.50. The zero-order valence-corrected chi connectivity index (χ0v) is 13.0. The molecule has 1 aliphatic rings. The van der Waals surface area contributed by atoms with Crippen molar-refractivity contribution in [3.05, 3.63) is 35.6 Å². The van der Waals surface area contributed by atoms with Crippen molar-refractivity contribution < 1.29 is 9.18 Å². The molecule has 0 aliphatic heterocycles. The number of hydrogen-bond donors (Lipinski definition) is 1. The first-order chi connectivity index (χ1) is 10.1. The van der Waals surface area contributed by atoms with E-state index < -0.39 is 0 Å². The summed E-state index contributed by atoms with van der Waals surface area (Å²) in [6, 6.07) is 6.63. The average molecular weight is 292 g/mol. The van der Waals surface area contributed by atoms with E-state index in [0.717, 1.165) is 12.8 Å². The van der Waals surface area contributed by atoms with Gasteiger partial charge in [-0.05, 0) is 26.0 Å². The van der Waals surface area contributed by atoms with Gasteiger partial charge in [-0.3, -0.25) is 4.79 Å². The van der Waals surface area contributed by atoms with Crippen LogP contribution in [0.15, 0.2) is 24.3 Å². The third-order valence-corrected chi connectivity index (χ3v) is 4.62. The fourth-order valence-corrected chi connectivity index (χ4v) is 3.14. The minimum atomic E-state index is -0.252. The Morgan fingerprint density at radius 1 is 1.29 bits per heavy atom. The highest BCUT2D eigenvalue weighted by atomic mass is 19.1. The second-order valence-corrected chi connectivity index (χ2v) is 6.11. The number of amides is 1. The predicted molar refractivity (Wildman–Crippen MR) is 82.4 cm³/mol. The van der Waals surface area contributed by atoms with Gasteiger partial charge in [0.2, 0.25) is 5.91 Å². The Morgan fingerprint density at radius 3 is 2.57 bits per heavy atom. The molecule has 0 radical (unpaired) electrons. The Bertz CT molecular complexity index is 483. The summed E-state index contributed by atoms with van der Waals surface area (Å²) in [5.74, 6) is -0.173. The standard InChI is InChI=1S/C17H25FN2O/c1-19-17(10-6-3-7-11-17)12-16(21)20(2)13-14-8-4-5-9-15(14)18/h4-5,8-9,19H,3,6-7,10-13H2,1-2H3. The van der Waals surface area contributed by atoms with Crippen molar-refractivity contribution in [3.63, 3.8) is 0 Å².